The minimum Gasteiger partial charge on any atom is -0.507 e. The van der Waals surface area contributed by atoms with E-state index < -0.39 is 0 Å². The van der Waals surface area contributed by atoms with Crippen LogP contribution in [0.5, 0.6) is 5.75 Å². The summed E-state index contributed by atoms with van der Waals surface area (Å²) in [4.78, 5) is 22.5. The van der Waals surface area contributed by atoms with Gasteiger partial charge in [0.1, 0.15) is 5.75 Å². The molecule has 1 N–H and O–H groups in total. The van der Waals surface area contributed by atoms with Crippen molar-refractivity contribution in [1.29, 1.82) is 0 Å². The number of aryl methyl sites for hydroxylation is 1. The summed E-state index contributed by atoms with van der Waals surface area (Å²) in [5, 5.41) is 10.9. The van der Waals surface area contributed by atoms with Crippen molar-refractivity contribution in [1.82, 2.24) is 14.5 Å². The number of aromatic nitrogens is 2. The Morgan fingerprint density at radius 2 is 1.84 bits per heavy atom. The first kappa shape index (κ1) is 22.0. The fourth-order valence-corrected chi connectivity index (χ4v) is 4.46. The quantitative estimate of drug-likeness (QED) is 0.617. The molecule has 3 aromatic rings. The molecular formula is C25H30N4O3. The smallest absolute Gasteiger partial charge is 0.259 e. The van der Waals surface area contributed by atoms with Gasteiger partial charge in [-0.3, -0.25) is 14.7 Å². The topological polar surface area (TPSA) is 70.8 Å². The van der Waals surface area contributed by atoms with Gasteiger partial charge in [-0.2, -0.15) is 0 Å². The van der Waals surface area contributed by atoms with Gasteiger partial charge in [-0.15, -0.1) is 0 Å². The number of methoxy groups -OCH3 is 1. The monoisotopic (exact) mass is 434 g/mol. The van der Waals surface area contributed by atoms with Crippen LogP contribution in [0.3, 0.4) is 0 Å². The zero-order valence-corrected chi connectivity index (χ0v) is 18.6. The first-order chi connectivity index (χ1) is 15.6. The maximum atomic E-state index is 13.5. The molecule has 1 fully saturated rings. The number of pyridine rings is 2. The van der Waals surface area contributed by atoms with Crippen LogP contribution >= 0.6 is 0 Å². The molecule has 32 heavy (non-hydrogen) atoms. The Morgan fingerprint density at radius 3 is 2.50 bits per heavy atom. The average molecular weight is 435 g/mol. The molecule has 0 bridgehead atoms. The lowest BCUT2D eigenvalue weighted by Gasteiger charge is -2.40. The van der Waals surface area contributed by atoms with Gasteiger partial charge in [0.15, 0.2) is 0 Å². The number of piperazine rings is 1. The van der Waals surface area contributed by atoms with Gasteiger partial charge in [0.05, 0.1) is 18.2 Å². The average Bonchev–Trinajstić information content (AvgIpc) is 2.83. The third-order valence-corrected chi connectivity index (χ3v) is 6.12. The standard InChI is InChI=1S/C25H30N4O3/c1-19-17-22(30)23(25(31)29(19)15-16-32-2)24(20-7-6-10-26-18-20)28-13-11-27(12-14-28)21-8-4-3-5-9-21/h3-10,17-18,24,30H,11-16H2,1-2H3. The van der Waals surface area contributed by atoms with Crippen LogP contribution in [0.2, 0.25) is 0 Å². The van der Waals surface area contributed by atoms with E-state index in [1.807, 2.05) is 37.3 Å². The number of benzene rings is 1. The van der Waals surface area contributed by atoms with E-state index >= 15 is 0 Å². The molecule has 1 aliphatic rings. The normalized spacial score (nSPS) is 15.6. The van der Waals surface area contributed by atoms with Crippen molar-refractivity contribution >= 4 is 5.69 Å². The summed E-state index contributed by atoms with van der Waals surface area (Å²) < 4.78 is 6.88. The summed E-state index contributed by atoms with van der Waals surface area (Å²) >= 11 is 0. The fraction of sp³-hybridized carbons (Fsp3) is 0.360. The van der Waals surface area contributed by atoms with Crippen LogP contribution in [0.4, 0.5) is 5.69 Å². The minimum atomic E-state index is -0.372. The molecule has 1 atom stereocenters. The van der Waals surface area contributed by atoms with E-state index in [1.54, 1.807) is 30.1 Å². The van der Waals surface area contributed by atoms with E-state index in [9.17, 15) is 9.90 Å². The highest BCUT2D eigenvalue weighted by Crippen LogP contribution is 2.33. The Hall–Kier alpha value is -3.16. The summed E-state index contributed by atoms with van der Waals surface area (Å²) in [6, 6.07) is 15.5. The zero-order chi connectivity index (χ0) is 22.5. The lowest BCUT2D eigenvalue weighted by molar-refractivity contribution is 0.183. The van der Waals surface area contributed by atoms with Crippen LogP contribution in [0.15, 0.2) is 65.7 Å². The molecule has 1 aromatic carbocycles. The Balaban J connectivity index is 1.70. The van der Waals surface area contributed by atoms with E-state index in [-0.39, 0.29) is 17.4 Å². The lowest BCUT2D eigenvalue weighted by atomic mass is 9.97. The molecule has 0 spiro atoms. The molecule has 1 unspecified atom stereocenters. The molecule has 3 heterocycles. The molecule has 0 amide bonds. The molecule has 168 valence electrons. The second-order valence-electron chi connectivity index (χ2n) is 8.08. The van der Waals surface area contributed by atoms with Crippen molar-refractivity contribution in [3.8, 4) is 5.75 Å². The Labute approximate surface area is 188 Å². The van der Waals surface area contributed by atoms with E-state index in [1.165, 1.54) is 5.69 Å². The highest BCUT2D eigenvalue weighted by atomic mass is 16.5. The molecule has 7 heteroatoms. The van der Waals surface area contributed by atoms with Crippen molar-refractivity contribution in [2.45, 2.75) is 19.5 Å². The van der Waals surface area contributed by atoms with Crippen molar-refractivity contribution < 1.29 is 9.84 Å². The number of aromatic hydroxyl groups is 1. The highest BCUT2D eigenvalue weighted by molar-refractivity contribution is 5.47. The van der Waals surface area contributed by atoms with Gasteiger partial charge < -0.3 is 19.3 Å². The lowest BCUT2D eigenvalue weighted by Crippen LogP contribution is -2.49. The maximum absolute atomic E-state index is 13.5. The molecule has 2 aromatic heterocycles. The number of nitrogens with zero attached hydrogens (tertiary/aromatic N) is 4. The number of hydrogen-bond acceptors (Lipinski definition) is 6. The van der Waals surface area contributed by atoms with Crippen molar-refractivity contribution in [2.75, 3.05) is 44.8 Å². The van der Waals surface area contributed by atoms with Crippen LogP contribution in [0.1, 0.15) is 22.9 Å². The van der Waals surface area contributed by atoms with Crippen LogP contribution in [0, 0.1) is 6.92 Å². The molecule has 4 rings (SSSR count). The second kappa shape index (κ2) is 9.97. The maximum Gasteiger partial charge on any atom is 0.259 e. The van der Waals surface area contributed by atoms with Crippen LogP contribution in [-0.2, 0) is 11.3 Å². The summed E-state index contributed by atoms with van der Waals surface area (Å²) in [6.45, 7) is 5.90. The summed E-state index contributed by atoms with van der Waals surface area (Å²) in [5.74, 6) is 0.0282. The zero-order valence-electron chi connectivity index (χ0n) is 18.6. The SMILES string of the molecule is COCCn1c(C)cc(O)c(C(c2cccnc2)N2CCN(c3ccccc3)CC2)c1=O. The summed E-state index contributed by atoms with van der Waals surface area (Å²) in [6.07, 6.45) is 3.51. The molecule has 7 nitrogen and oxygen atoms in total. The Morgan fingerprint density at radius 1 is 1.09 bits per heavy atom. The van der Waals surface area contributed by atoms with E-state index in [0.717, 1.165) is 31.7 Å². The molecule has 1 aliphatic heterocycles. The van der Waals surface area contributed by atoms with Crippen LogP contribution in [0.25, 0.3) is 0 Å². The van der Waals surface area contributed by atoms with Gasteiger partial charge in [0.25, 0.3) is 5.56 Å². The molecule has 1 saturated heterocycles. The van der Waals surface area contributed by atoms with Crippen LogP contribution < -0.4 is 10.5 Å². The predicted molar refractivity (Wildman–Crippen MR) is 125 cm³/mol. The van der Waals surface area contributed by atoms with Gasteiger partial charge in [-0.05, 0) is 36.8 Å². The highest BCUT2D eigenvalue weighted by Gasteiger charge is 2.31. The third kappa shape index (κ3) is 4.54. The molecule has 0 aliphatic carbocycles. The molecule has 0 radical (unpaired) electrons. The summed E-state index contributed by atoms with van der Waals surface area (Å²) in [7, 11) is 1.62. The van der Waals surface area contributed by atoms with Gasteiger partial charge in [0, 0.05) is 63.6 Å². The number of anilines is 1. The second-order valence-corrected chi connectivity index (χ2v) is 8.08. The van der Waals surface area contributed by atoms with Crippen molar-refractivity contribution in [3.63, 3.8) is 0 Å². The first-order valence-electron chi connectivity index (χ1n) is 11.0. The number of ether oxygens (including phenoxy) is 1. The largest absolute Gasteiger partial charge is 0.507 e. The van der Waals surface area contributed by atoms with Gasteiger partial charge in [-0.25, -0.2) is 0 Å². The molecular weight excluding hydrogens is 404 g/mol. The summed E-state index contributed by atoms with van der Waals surface area (Å²) in [5.41, 5.74) is 3.03. The van der Waals surface area contributed by atoms with Crippen LogP contribution in [-0.4, -0.2) is 59.5 Å². The van der Waals surface area contributed by atoms with E-state index in [0.29, 0.717) is 24.4 Å². The van der Waals surface area contributed by atoms with Crippen molar-refractivity contribution in [2.24, 2.45) is 0 Å². The molecule has 0 saturated carbocycles. The number of para-hydroxylation sites is 1. The van der Waals surface area contributed by atoms with Gasteiger partial charge in [-0.1, -0.05) is 24.3 Å². The number of hydrogen-bond donors (Lipinski definition) is 1. The Bertz CT molecular complexity index is 1080. The Kier molecular flexibility index (Phi) is 6.87. The fourth-order valence-electron chi connectivity index (χ4n) is 4.46. The third-order valence-electron chi connectivity index (χ3n) is 6.12. The van der Waals surface area contributed by atoms with Gasteiger partial charge >= 0.3 is 0 Å². The minimum absolute atomic E-state index is 0.0282. The first-order valence-corrected chi connectivity index (χ1v) is 11.0. The predicted octanol–water partition coefficient (Wildman–Crippen LogP) is 2.82. The van der Waals surface area contributed by atoms with Crippen molar-refractivity contribution in [3.05, 3.63) is 88.1 Å². The van der Waals surface area contributed by atoms with E-state index in [4.69, 9.17) is 4.74 Å². The van der Waals surface area contributed by atoms with E-state index in [2.05, 4.69) is 26.9 Å². The van der Waals surface area contributed by atoms with Gasteiger partial charge in [0.2, 0.25) is 0 Å². The number of rotatable bonds is 7.